The first-order chi connectivity index (χ1) is 5.24. The van der Waals surface area contributed by atoms with Gasteiger partial charge in [-0.2, -0.15) is 5.10 Å². The van der Waals surface area contributed by atoms with Crippen LogP contribution in [0.15, 0.2) is 12.1 Å². The van der Waals surface area contributed by atoms with Crippen LogP contribution in [0.2, 0.25) is 0 Å². The molecule has 1 aromatic rings. The minimum Gasteiger partial charge on any atom is -0.327 e. The predicted molar refractivity (Wildman–Crippen MR) is 46.0 cm³/mol. The van der Waals surface area contributed by atoms with Gasteiger partial charge < -0.3 is 5.73 Å². The van der Waals surface area contributed by atoms with E-state index in [2.05, 4.69) is 5.10 Å². The third-order valence-corrected chi connectivity index (χ3v) is 1.46. The summed E-state index contributed by atoms with van der Waals surface area (Å²) in [7, 11) is 1.92. The molecule has 1 heterocycles. The van der Waals surface area contributed by atoms with Crippen molar-refractivity contribution in [1.29, 1.82) is 0 Å². The van der Waals surface area contributed by atoms with Crippen LogP contribution < -0.4 is 5.73 Å². The molecule has 0 saturated carbocycles. The summed E-state index contributed by atoms with van der Waals surface area (Å²) in [6, 6.07) is 2.02. The highest BCUT2D eigenvalue weighted by atomic mass is 15.3. The van der Waals surface area contributed by atoms with Gasteiger partial charge in [-0.25, -0.2) is 0 Å². The smallest absolute Gasteiger partial charge is 0.0606 e. The molecule has 0 bridgehead atoms. The van der Waals surface area contributed by atoms with Crippen LogP contribution in [0.3, 0.4) is 0 Å². The maximum atomic E-state index is 5.32. The van der Waals surface area contributed by atoms with Gasteiger partial charge in [-0.3, -0.25) is 4.68 Å². The SMILES string of the molecule is Cc1cc(/C=C/CN)n(C)n1. The molecular weight excluding hydrogens is 138 g/mol. The van der Waals surface area contributed by atoms with E-state index in [0.717, 1.165) is 11.4 Å². The van der Waals surface area contributed by atoms with Gasteiger partial charge in [-0.05, 0) is 19.1 Å². The topological polar surface area (TPSA) is 43.8 Å². The van der Waals surface area contributed by atoms with E-state index >= 15 is 0 Å². The van der Waals surface area contributed by atoms with Gasteiger partial charge in [0, 0.05) is 13.6 Å². The Kier molecular flexibility index (Phi) is 2.44. The second-order valence-corrected chi connectivity index (χ2v) is 2.47. The maximum absolute atomic E-state index is 5.32. The summed E-state index contributed by atoms with van der Waals surface area (Å²) in [5.41, 5.74) is 7.44. The molecule has 0 aliphatic rings. The molecule has 2 N–H and O–H groups in total. The van der Waals surface area contributed by atoms with Gasteiger partial charge in [-0.1, -0.05) is 6.08 Å². The van der Waals surface area contributed by atoms with Crippen LogP contribution in [0.5, 0.6) is 0 Å². The first-order valence-corrected chi connectivity index (χ1v) is 3.61. The van der Waals surface area contributed by atoms with Crippen molar-refractivity contribution in [3.8, 4) is 0 Å². The van der Waals surface area contributed by atoms with Crippen LogP contribution in [0.25, 0.3) is 6.08 Å². The third-order valence-electron chi connectivity index (χ3n) is 1.46. The highest BCUT2D eigenvalue weighted by Gasteiger charge is 1.95. The fraction of sp³-hybridized carbons (Fsp3) is 0.375. The van der Waals surface area contributed by atoms with Crippen molar-refractivity contribution in [3.63, 3.8) is 0 Å². The van der Waals surface area contributed by atoms with Gasteiger partial charge in [0.05, 0.1) is 11.4 Å². The molecule has 0 aliphatic heterocycles. The molecule has 0 spiro atoms. The Morgan fingerprint density at radius 2 is 2.45 bits per heavy atom. The van der Waals surface area contributed by atoms with Crippen molar-refractivity contribution >= 4 is 6.08 Å². The molecule has 0 unspecified atom stereocenters. The molecule has 0 aromatic carbocycles. The summed E-state index contributed by atoms with van der Waals surface area (Å²) >= 11 is 0. The number of rotatable bonds is 2. The molecular formula is C8H13N3. The van der Waals surface area contributed by atoms with Crippen LogP contribution in [0.4, 0.5) is 0 Å². The monoisotopic (exact) mass is 151 g/mol. The second kappa shape index (κ2) is 3.34. The molecule has 0 aliphatic carbocycles. The standard InChI is InChI=1S/C8H13N3/c1-7-6-8(4-3-5-9)11(2)10-7/h3-4,6H,5,9H2,1-2H3/b4-3+. The van der Waals surface area contributed by atoms with E-state index in [-0.39, 0.29) is 0 Å². The van der Waals surface area contributed by atoms with E-state index in [1.807, 2.05) is 36.9 Å². The van der Waals surface area contributed by atoms with E-state index in [0.29, 0.717) is 6.54 Å². The number of aryl methyl sites for hydroxylation is 2. The Morgan fingerprint density at radius 1 is 1.73 bits per heavy atom. The lowest BCUT2D eigenvalue weighted by Gasteiger charge is -1.91. The molecule has 0 radical (unpaired) electrons. The number of aromatic nitrogens is 2. The maximum Gasteiger partial charge on any atom is 0.0606 e. The number of hydrogen-bond acceptors (Lipinski definition) is 2. The van der Waals surface area contributed by atoms with Gasteiger partial charge in [0.15, 0.2) is 0 Å². The number of hydrogen-bond donors (Lipinski definition) is 1. The minimum atomic E-state index is 0.574. The van der Waals surface area contributed by atoms with Crippen LogP contribution >= 0.6 is 0 Å². The zero-order valence-corrected chi connectivity index (χ0v) is 6.91. The summed E-state index contributed by atoms with van der Waals surface area (Å²) in [6.07, 6.45) is 3.89. The van der Waals surface area contributed by atoms with Gasteiger partial charge in [0.2, 0.25) is 0 Å². The first kappa shape index (κ1) is 8.01. The summed E-state index contributed by atoms with van der Waals surface area (Å²) in [5, 5.41) is 4.19. The average molecular weight is 151 g/mol. The summed E-state index contributed by atoms with van der Waals surface area (Å²) in [4.78, 5) is 0. The van der Waals surface area contributed by atoms with Crippen molar-refractivity contribution in [3.05, 3.63) is 23.5 Å². The largest absolute Gasteiger partial charge is 0.327 e. The van der Waals surface area contributed by atoms with Crippen molar-refractivity contribution < 1.29 is 0 Å². The van der Waals surface area contributed by atoms with Crippen molar-refractivity contribution in [2.45, 2.75) is 6.92 Å². The Balaban J connectivity index is 2.85. The first-order valence-electron chi connectivity index (χ1n) is 3.61. The molecule has 0 fully saturated rings. The van der Waals surface area contributed by atoms with E-state index in [1.54, 1.807) is 0 Å². The fourth-order valence-electron chi connectivity index (χ4n) is 0.975. The zero-order valence-electron chi connectivity index (χ0n) is 6.91. The molecule has 3 heteroatoms. The molecule has 60 valence electrons. The molecule has 0 atom stereocenters. The molecule has 0 saturated heterocycles. The van der Waals surface area contributed by atoms with Gasteiger partial charge >= 0.3 is 0 Å². The lowest BCUT2D eigenvalue weighted by atomic mass is 10.3. The molecule has 11 heavy (non-hydrogen) atoms. The van der Waals surface area contributed by atoms with Crippen LogP contribution in [0.1, 0.15) is 11.4 Å². The predicted octanol–water partition coefficient (Wildman–Crippen LogP) is 0.700. The van der Waals surface area contributed by atoms with Gasteiger partial charge in [0.1, 0.15) is 0 Å². The zero-order chi connectivity index (χ0) is 8.27. The highest BCUT2D eigenvalue weighted by Crippen LogP contribution is 2.02. The van der Waals surface area contributed by atoms with Crippen molar-refractivity contribution in [2.24, 2.45) is 12.8 Å². The molecule has 3 nitrogen and oxygen atoms in total. The lowest BCUT2D eigenvalue weighted by molar-refractivity contribution is 0.749. The molecule has 1 rings (SSSR count). The fourth-order valence-corrected chi connectivity index (χ4v) is 0.975. The Labute approximate surface area is 66.5 Å². The van der Waals surface area contributed by atoms with Gasteiger partial charge in [0.25, 0.3) is 0 Å². The van der Waals surface area contributed by atoms with Crippen molar-refractivity contribution in [2.75, 3.05) is 6.54 Å². The minimum absolute atomic E-state index is 0.574. The van der Waals surface area contributed by atoms with E-state index in [9.17, 15) is 0 Å². The summed E-state index contributed by atoms with van der Waals surface area (Å²) < 4.78 is 1.83. The van der Waals surface area contributed by atoms with E-state index < -0.39 is 0 Å². The van der Waals surface area contributed by atoms with Crippen LogP contribution in [-0.2, 0) is 7.05 Å². The molecule has 0 amide bonds. The Morgan fingerprint density at radius 3 is 2.91 bits per heavy atom. The lowest BCUT2D eigenvalue weighted by Crippen LogP contribution is -1.95. The van der Waals surface area contributed by atoms with Gasteiger partial charge in [-0.15, -0.1) is 0 Å². The van der Waals surface area contributed by atoms with Crippen LogP contribution in [-0.4, -0.2) is 16.3 Å². The van der Waals surface area contributed by atoms with Crippen molar-refractivity contribution in [1.82, 2.24) is 9.78 Å². The summed E-state index contributed by atoms with van der Waals surface area (Å²) in [5.74, 6) is 0. The second-order valence-electron chi connectivity index (χ2n) is 2.47. The number of nitrogens with zero attached hydrogens (tertiary/aromatic N) is 2. The molecule has 1 aromatic heterocycles. The van der Waals surface area contributed by atoms with E-state index in [4.69, 9.17) is 5.73 Å². The average Bonchev–Trinajstić information content (AvgIpc) is 2.26. The van der Waals surface area contributed by atoms with Crippen LogP contribution in [0, 0.1) is 6.92 Å². The summed E-state index contributed by atoms with van der Waals surface area (Å²) in [6.45, 7) is 2.55. The van der Waals surface area contributed by atoms with E-state index in [1.165, 1.54) is 0 Å². The Bertz CT molecular complexity index is 260. The highest BCUT2D eigenvalue weighted by molar-refractivity contribution is 5.45. The number of nitrogens with two attached hydrogens (primary N) is 1. The third kappa shape index (κ3) is 1.91. The normalized spacial score (nSPS) is 11.2. The quantitative estimate of drug-likeness (QED) is 0.676. The Hall–Kier alpha value is -1.09.